The molecule has 1 fully saturated rings. The van der Waals surface area contributed by atoms with E-state index < -0.39 is 5.97 Å². The third-order valence-electron chi connectivity index (χ3n) is 7.00. The van der Waals surface area contributed by atoms with E-state index in [1.165, 1.54) is 21.4 Å². The maximum absolute atomic E-state index is 11.4. The second-order valence-corrected chi connectivity index (χ2v) is 9.98. The number of rotatable bonds is 6. The van der Waals surface area contributed by atoms with Gasteiger partial charge in [-0.15, -0.1) is 0 Å². The lowest BCUT2D eigenvalue weighted by atomic mass is 9.85. The number of fused-ring (bicyclic) bond motifs is 1. The monoisotopic (exact) mass is 475 g/mol. The molecule has 5 rings (SSSR count). The summed E-state index contributed by atoms with van der Waals surface area (Å²) in [5.41, 5.74) is 6.03. The summed E-state index contributed by atoms with van der Waals surface area (Å²) >= 11 is 1.61. The van der Waals surface area contributed by atoms with Crippen molar-refractivity contribution in [1.29, 1.82) is 0 Å². The molecule has 176 valence electrons. The summed E-state index contributed by atoms with van der Waals surface area (Å²) in [5, 5.41) is 10.5. The number of likely N-dealkylation sites (tertiary alicyclic amines) is 1. The average molecular weight is 476 g/mol. The van der Waals surface area contributed by atoms with Crippen molar-refractivity contribution >= 4 is 28.4 Å². The van der Waals surface area contributed by atoms with E-state index in [2.05, 4.69) is 39.4 Å². The van der Waals surface area contributed by atoms with Gasteiger partial charge in [0.15, 0.2) is 0 Å². The Bertz CT molecular complexity index is 1320. The van der Waals surface area contributed by atoms with Crippen molar-refractivity contribution in [1.82, 2.24) is 14.3 Å². The standard InChI is InChI=1S/C27H29N3O3S/c1-16-12-24(33-3)22(21-8-10-28-26(16)21)15-30-11-9-20(25-13-17(2)29-34-25)14-23(30)18-4-6-19(7-5-18)27(31)32/h4-8,10,12-13,20,23,28H,9,11,14-15H2,1-3H3,(H,31,32)/t20?,23-/m0/s1. The number of benzene rings is 2. The van der Waals surface area contributed by atoms with E-state index in [4.69, 9.17) is 4.74 Å². The van der Waals surface area contributed by atoms with Crippen molar-refractivity contribution < 1.29 is 14.6 Å². The van der Waals surface area contributed by atoms with Crippen molar-refractivity contribution in [3.05, 3.63) is 81.5 Å². The van der Waals surface area contributed by atoms with E-state index in [0.29, 0.717) is 11.5 Å². The highest BCUT2D eigenvalue weighted by Crippen LogP contribution is 2.43. The SMILES string of the molecule is COc1cc(C)c2[nH]ccc2c1CN1CCC(c2cc(C)ns2)C[C@H]1c1ccc(C(=O)O)cc1. The molecule has 1 aliphatic rings. The lowest BCUT2D eigenvalue weighted by Gasteiger charge is -2.40. The van der Waals surface area contributed by atoms with Gasteiger partial charge in [-0.1, -0.05) is 12.1 Å². The van der Waals surface area contributed by atoms with Crippen LogP contribution in [-0.2, 0) is 6.54 Å². The number of hydrogen-bond donors (Lipinski definition) is 2. The maximum Gasteiger partial charge on any atom is 0.335 e. The summed E-state index contributed by atoms with van der Waals surface area (Å²) in [4.78, 5) is 18.6. The second kappa shape index (κ2) is 9.24. The Balaban J connectivity index is 1.51. The largest absolute Gasteiger partial charge is 0.496 e. The van der Waals surface area contributed by atoms with Crippen LogP contribution in [0.15, 0.2) is 48.7 Å². The van der Waals surface area contributed by atoms with Gasteiger partial charge in [0.2, 0.25) is 0 Å². The van der Waals surface area contributed by atoms with Crippen LogP contribution in [0.2, 0.25) is 0 Å². The Hall–Kier alpha value is -3.16. The fraction of sp³-hybridized carbons (Fsp3) is 0.333. The summed E-state index contributed by atoms with van der Waals surface area (Å²) < 4.78 is 10.3. The predicted molar refractivity (Wildman–Crippen MR) is 135 cm³/mol. The van der Waals surface area contributed by atoms with Gasteiger partial charge in [0.05, 0.1) is 18.4 Å². The highest BCUT2D eigenvalue weighted by atomic mass is 32.1. The molecule has 0 aliphatic carbocycles. The molecule has 2 aromatic carbocycles. The van der Waals surface area contributed by atoms with Gasteiger partial charge < -0.3 is 14.8 Å². The van der Waals surface area contributed by atoms with Crippen molar-refractivity contribution in [3.63, 3.8) is 0 Å². The molecule has 6 nitrogen and oxygen atoms in total. The van der Waals surface area contributed by atoms with Gasteiger partial charge >= 0.3 is 5.97 Å². The van der Waals surface area contributed by atoms with Crippen LogP contribution < -0.4 is 4.74 Å². The smallest absolute Gasteiger partial charge is 0.335 e. The molecule has 0 amide bonds. The number of aromatic carboxylic acids is 1. The third kappa shape index (κ3) is 4.21. The normalized spacial score (nSPS) is 18.9. The maximum atomic E-state index is 11.4. The van der Waals surface area contributed by atoms with Gasteiger partial charge in [-0.05, 0) is 92.1 Å². The Kier molecular flexibility index (Phi) is 6.15. The van der Waals surface area contributed by atoms with E-state index in [1.807, 2.05) is 25.3 Å². The van der Waals surface area contributed by atoms with Crippen LogP contribution in [-0.4, -0.2) is 39.0 Å². The molecular weight excluding hydrogens is 446 g/mol. The fourth-order valence-electron chi connectivity index (χ4n) is 5.22. The van der Waals surface area contributed by atoms with Crippen LogP contribution in [0.25, 0.3) is 10.9 Å². The van der Waals surface area contributed by atoms with Gasteiger partial charge in [0, 0.05) is 40.1 Å². The first-order valence-corrected chi connectivity index (χ1v) is 12.4. The van der Waals surface area contributed by atoms with Gasteiger partial charge in [-0.25, -0.2) is 4.79 Å². The molecule has 0 saturated carbocycles. The molecule has 1 saturated heterocycles. The molecule has 0 spiro atoms. The summed E-state index contributed by atoms with van der Waals surface area (Å²) in [6, 6.07) is 14.0. The number of hydrogen-bond acceptors (Lipinski definition) is 5. The highest BCUT2D eigenvalue weighted by Gasteiger charge is 2.32. The zero-order valence-corrected chi connectivity index (χ0v) is 20.5. The first-order valence-electron chi connectivity index (χ1n) is 11.6. The average Bonchev–Trinajstić information content (AvgIpc) is 3.51. The Labute approximate surface area is 203 Å². The van der Waals surface area contributed by atoms with Gasteiger partial charge in [-0.2, -0.15) is 4.37 Å². The van der Waals surface area contributed by atoms with Crippen molar-refractivity contribution in [3.8, 4) is 5.75 Å². The number of carboxylic acid groups (broad SMARTS) is 1. The highest BCUT2D eigenvalue weighted by molar-refractivity contribution is 7.05. The summed E-state index contributed by atoms with van der Waals surface area (Å²) in [5.74, 6) is 0.452. The predicted octanol–water partition coefficient (Wildman–Crippen LogP) is 6.07. The van der Waals surface area contributed by atoms with Crippen LogP contribution in [0.1, 0.15) is 62.4 Å². The van der Waals surface area contributed by atoms with E-state index in [0.717, 1.165) is 48.5 Å². The first kappa shape index (κ1) is 22.6. The molecule has 34 heavy (non-hydrogen) atoms. The van der Waals surface area contributed by atoms with Gasteiger partial charge in [-0.3, -0.25) is 4.90 Å². The Morgan fingerprint density at radius 2 is 2.03 bits per heavy atom. The number of aromatic nitrogens is 2. The quantitative estimate of drug-likeness (QED) is 0.354. The van der Waals surface area contributed by atoms with Crippen molar-refractivity contribution in [2.24, 2.45) is 0 Å². The van der Waals surface area contributed by atoms with Crippen LogP contribution in [0.3, 0.4) is 0 Å². The van der Waals surface area contributed by atoms with Crippen LogP contribution in [0.5, 0.6) is 5.75 Å². The van der Waals surface area contributed by atoms with E-state index >= 15 is 0 Å². The minimum absolute atomic E-state index is 0.170. The number of aryl methyl sites for hydroxylation is 2. The Morgan fingerprint density at radius 1 is 1.24 bits per heavy atom. The van der Waals surface area contributed by atoms with E-state index in [-0.39, 0.29) is 6.04 Å². The van der Waals surface area contributed by atoms with Crippen molar-refractivity contribution in [2.45, 2.75) is 45.2 Å². The number of carbonyl (C=O) groups is 1. The minimum Gasteiger partial charge on any atom is -0.496 e. The topological polar surface area (TPSA) is 78.5 Å². The lowest BCUT2D eigenvalue weighted by molar-refractivity contribution is 0.0696. The van der Waals surface area contributed by atoms with Crippen LogP contribution in [0.4, 0.5) is 0 Å². The van der Waals surface area contributed by atoms with Gasteiger partial charge in [0.1, 0.15) is 5.75 Å². The number of carboxylic acids is 1. The number of H-pyrrole nitrogens is 1. The first-order chi connectivity index (χ1) is 16.4. The third-order valence-corrected chi connectivity index (χ3v) is 8.04. The molecule has 7 heteroatoms. The zero-order valence-electron chi connectivity index (χ0n) is 19.7. The van der Waals surface area contributed by atoms with E-state index in [1.54, 1.807) is 30.8 Å². The number of nitrogens with zero attached hydrogens (tertiary/aromatic N) is 2. The number of piperidine rings is 1. The molecule has 3 heterocycles. The lowest BCUT2D eigenvalue weighted by Crippen LogP contribution is -2.35. The molecule has 1 unspecified atom stereocenters. The number of methoxy groups -OCH3 is 1. The summed E-state index contributed by atoms with van der Waals surface area (Å²) in [6.07, 6.45) is 4.02. The minimum atomic E-state index is -0.899. The molecular formula is C27H29N3O3S. The molecule has 0 radical (unpaired) electrons. The number of nitrogens with one attached hydrogen (secondary N) is 1. The molecule has 0 bridgehead atoms. The van der Waals surface area contributed by atoms with E-state index in [9.17, 15) is 9.90 Å². The zero-order chi connectivity index (χ0) is 23.8. The molecule has 4 aromatic rings. The number of ether oxygens (including phenoxy) is 1. The van der Waals surface area contributed by atoms with Crippen molar-refractivity contribution in [2.75, 3.05) is 13.7 Å². The Morgan fingerprint density at radius 3 is 2.71 bits per heavy atom. The number of aromatic amines is 1. The van der Waals surface area contributed by atoms with Crippen LogP contribution >= 0.6 is 11.5 Å². The molecule has 2 N–H and O–H groups in total. The second-order valence-electron chi connectivity index (χ2n) is 9.15. The molecule has 1 aliphatic heterocycles. The summed E-state index contributed by atoms with van der Waals surface area (Å²) in [6.45, 7) is 5.84. The van der Waals surface area contributed by atoms with Gasteiger partial charge in [0.25, 0.3) is 0 Å². The van der Waals surface area contributed by atoms with Crippen LogP contribution in [0, 0.1) is 13.8 Å². The molecule has 2 aromatic heterocycles. The summed E-state index contributed by atoms with van der Waals surface area (Å²) in [7, 11) is 1.73. The molecule has 2 atom stereocenters. The fourth-order valence-corrected chi connectivity index (χ4v) is 6.10.